The van der Waals surface area contributed by atoms with Gasteiger partial charge in [-0.15, -0.1) is 0 Å². The van der Waals surface area contributed by atoms with Crippen LogP contribution in [0.1, 0.15) is 29.6 Å². The fourth-order valence-electron chi connectivity index (χ4n) is 3.12. The van der Waals surface area contributed by atoms with E-state index in [0.717, 1.165) is 44.7 Å². The van der Waals surface area contributed by atoms with Gasteiger partial charge in [0.05, 0.1) is 24.1 Å². The molecule has 4 rings (SSSR count). The molecule has 1 aromatic carbocycles. The molecule has 2 aliphatic rings. The molecule has 1 aliphatic heterocycles. The van der Waals surface area contributed by atoms with Gasteiger partial charge in [0.25, 0.3) is 5.91 Å². The van der Waals surface area contributed by atoms with Crippen LogP contribution < -0.4 is 0 Å². The van der Waals surface area contributed by atoms with E-state index in [1.807, 2.05) is 29.2 Å². The van der Waals surface area contributed by atoms with Gasteiger partial charge in [-0.3, -0.25) is 4.79 Å². The van der Waals surface area contributed by atoms with Crippen molar-refractivity contribution in [3.63, 3.8) is 0 Å². The lowest BCUT2D eigenvalue weighted by Gasteiger charge is -2.24. The molecule has 5 nitrogen and oxygen atoms in total. The number of aromatic nitrogens is 2. The zero-order valence-electron chi connectivity index (χ0n) is 13.4. The van der Waals surface area contributed by atoms with Crippen LogP contribution in [-0.2, 0) is 4.74 Å². The predicted octanol–water partition coefficient (Wildman–Crippen LogP) is 3.17. The second kappa shape index (κ2) is 6.57. The molecule has 0 unspecified atom stereocenters. The van der Waals surface area contributed by atoms with Crippen molar-refractivity contribution in [3.8, 4) is 5.69 Å². The van der Waals surface area contributed by atoms with Gasteiger partial charge >= 0.3 is 0 Å². The summed E-state index contributed by atoms with van der Waals surface area (Å²) in [4.78, 5) is 14.9. The van der Waals surface area contributed by atoms with E-state index in [4.69, 9.17) is 16.3 Å². The summed E-state index contributed by atoms with van der Waals surface area (Å²) in [5.41, 5.74) is 1.52. The number of benzene rings is 1. The van der Waals surface area contributed by atoms with Gasteiger partial charge < -0.3 is 9.64 Å². The molecule has 1 saturated carbocycles. The average Bonchev–Trinajstić information content (AvgIpc) is 3.10. The molecule has 6 heteroatoms. The molecule has 2 aromatic rings. The number of nitrogens with zero attached hydrogens (tertiary/aromatic N) is 3. The van der Waals surface area contributed by atoms with Crippen molar-refractivity contribution in [1.82, 2.24) is 14.7 Å². The maximum absolute atomic E-state index is 12.9. The number of hydrogen-bond donors (Lipinski definition) is 0. The quantitative estimate of drug-likeness (QED) is 0.836. The summed E-state index contributed by atoms with van der Waals surface area (Å²) in [6.07, 6.45) is 6.69. The summed E-state index contributed by atoms with van der Waals surface area (Å²) < 4.78 is 7.17. The molecule has 0 radical (unpaired) electrons. The van der Waals surface area contributed by atoms with Crippen LogP contribution in [0.4, 0.5) is 0 Å². The van der Waals surface area contributed by atoms with Crippen LogP contribution in [0.3, 0.4) is 0 Å². The smallest absolute Gasteiger partial charge is 0.257 e. The molecule has 0 N–H and O–H groups in total. The molecule has 0 spiro atoms. The van der Waals surface area contributed by atoms with Gasteiger partial charge in [0.1, 0.15) is 0 Å². The zero-order valence-corrected chi connectivity index (χ0v) is 14.2. The van der Waals surface area contributed by atoms with Crippen LogP contribution in [0.25, 0.3) is 5.69 Å². The van der Waals surface area contributed by atoms with Crippen LogP contribution in [0.2, 0.25) is 5.02 Å². The van der Waals surface area contributed by atoms with Crippen LogP contribution in [0.5, 0.6) is 0 Å². The Morgan fingerprint density at radius 1 is 1.29 bits per heavy atom. The molecule has 1 saturated heterocycles. The number of amides is 1. The van der Waals surface area contributed by atoms with Crippen molar-refractivity contribution >= 4 is 17.5 Å². The molecule has 1 aromatic heterocycles. The minimum Gasteiger partial charge on any atom is -0.381 e. The van der Waals surface area contributed by atoms with E-state index in [1.54, 1.807) is 17.1 Å². The number of halogens is 1. The second-order valence-electron chi connectivity index (χ2n) is 6.57. The number of rotatable bonds is 5. The van der Waals surface area contributed by atoms with Gasteiger partial charge in [0.2, 0.25) is 0 Å². The average molecular weight is 346 g/mol. The first-order valence-electron chi connectivity index (χ1n) is 8.40. The molecule has 0 bridgehead atoms. The number of ether oxygens (including phenoxy) is 1. The predicted molar refractivity (Wildman–Crippen MR) is 91.6 cm³/mol. The Morgan fingerprint density at radius 2 is 2.08 bits per heavy atom. The Bertz CT molecular complexity index is 718. The third-order valence-electron chi connectivity index (χ3n) is 4.65. The van der Waals surface area contributed by atoms with Gasteiger partial charge in [0, 0.05) is 36.3 Å². The van der Waals surface area contributed by atoms with Crippen molar-refractivity contribution in [1.29, 1.82) is 0 Å². The molecule has 24 heavy (non-hydrogen) atoms. The summed E-state index contributed by atoms with van der Waals surface area (Å²) in [5, 5.41) is 5.01. The molecule has 2 fully saturated rings. The van der Waals surface area contributed by atoms with Crippen LogP contribution >= 0.6 is 11.6 Å². The summed E-state index contributed by atoms with van der Waals surface area (Å²) in [5.74, 6) is 0.533. The topological polar surface area (TPSA) is 47.4 Å². The molecule has 2 heterocycles. The number of hydrogen-bond acceptors (Lipinski definition) is 3. The lowest BCUT2D eigenvalue weighted by molar-refractivity contribution is 0.0706. The maximum Gasteiger partial charge on any atom is 0.257 e. The van der Waals surface area contributed by atoms with E-state index in [1.165, 1.54) is 0 Å². The Labute approximate surface area is 146 Å². The largest absolute Gasteiger partial charge is 0.381 e. The minimum absolute atomic E-state index is 0.0737. The van der Waals surface area contributed by atoms with E-state index in [-0.39, 0.29) is 5.91 Å². The fraction of sp³-hybridized carbons (Fsp3) is 0.444. The van der Waals surface area contributed by atoms with Gasteiger partial charge in [-0.2, -0.15) is 5.10 Å². The Morgan fingerprint density at radius 3 is 2.75 bits per heavy atom. The molecule has 126 valence electrons. The van der Waals surface area contributed by atoms with Crippen molar-refractivity contribution in [3.05, 3.63) is 47.2 Å². The number of carbonyl (C=O) groups is 1. The molecular weight excluding hydrogens is 326 g/mol. The van der Waals surface area contributed by atoms with Gasteiger partial charge in [-0.1, -0.05) is 11.6 Å². The molecule has 1 aliphatic carbocycles. The van der Waals surface area contributed by atoms with Crippen molar-refractivity contribution in [2.45, 2.75) is 25.3 Å². The second-order valence-corrected chi connectivity index (χ2v) is 7.00. The SMILES string of the molecule is O=C(c1cnn(-c2ccc(Cl)cc2)c1)N(C[C@H]1CCOC1)C1CC1. The first-order chi connectivity index (χ1) is 11.7. The highest BCUT2D eigenvalue weighted by Gasteiger charge is 2.35. The van der Waals surface area contributed by atoms with E-state index in [2.05, 4.69) is 5.10 Å². The first kappa shape index (κ1) is 15.7. The van der Waals surface area contributed by atoms with Gasteiger partial charge in [0.15, 0.2) is 0 Å². The Hall–Kier alpha value is -1.85. The summed E-state index contributed by atoms with van der Waals surface area (Å²) in [6, 6.07) is 7.79. The molecule has 1 atom stereocenters. The van der Waals surface area contributed by atoms with E-state index in [0.29, 0.717) is 22.5 Å². The number of carbonyl (C=O) groups excluding carboxylic acids is 1. The summed E-state index contributed by atoms with van der Waals surface area (Å²) >= 11 is 5.92. The van der Waals surface area contributed by atoms with Crippen molar-refractivity contribution in [2.24, 2.45) is 5.92 Å². The standard InChI is InChI=1S/C18H20ClN3O2/c19-15-1-3-17(4-2-15)22-11-14(9-20-22)18(23)21(16-5-6-16)10-13-7-8-24-12-13/h1-4,9,11,13,16H,5-8,10,12H2/t13-/m1/s1. The Kier molecular flexibility index (Phi) is 4.29. The third kappa shape index (κ3) is 3.32. The summed E-state index contributed by atoms with van der Waals surface area (Å²) in [6.45, 7) is 2.36. The normalized spacial score (nSPS) is 20.3. The van der Waals surface area contributed by atoms with Crippen molar-refractivity contribution < 1.29 is 9.53 Å². The molecular formula is C18H20ClN3O2. The highest BCUT2D eigenvalue weighted by atomic mass is 35.5. The maximum atomic E-state index is 12.9. The van der Waals surface area contributed by atoms with Gasteiger partial charge in [-0.25, -0.2) is 4.68 Å². The summed E-state index contributed by atoms with van der Waals surface area (Å²) in [7, 11) is 0. The van der Waals surface area contributed by atoms with Crippen LogP contribution in [-0.4, -0.2) is 46.4 Å². The fourth-order valence-corrected chi connectivity index (χ4v) is 3.25. The van der Waals surface area contributed by atoms with Crippen LogP contribution in [0, 0.1) is 5.92 Å². The van der Waals surface area contributed by atoms with E-state index >= 15 is 0 Å². The lowest BCUT2D eigenvalue weighted by atomic mass is 10.1. The highest BCUT2D eigenvalue weighted by Crippen LogP contribution is 2.30. The first-order valence-corrected chi connectivity index (χ1v) is 8.78. The third-order valence-corrected chi connectivity index (χ3v) is 4.90. The van der Waals surface area contributed by atoms with Crippen LogP contribution in [0.15, 0.2) is 36.7 Å². The highest BCUT2D eigenvalue weighted by molar-refractivity contribution is 6.30. The minimum atomic E-state index is 0.0737. The monoisotopic (exact) mass is 345 g/mol. The molecule has 1 amide bonds. The zero-order chi connectivity index (χ0) is 16.5. The van der Waals surface area contributed by atoms with Gasteiger partial charge in [-0.05, 0) is 43.5 Å². The van der Waals surface area contributed by atoms with Crippen molar-refractivity contribution in [2.75, 3.05) is 19.8 Å². The van der Waals surface area contributed by atoms with E-state index in [9.17, 15) is 4.79 Å². The van der Waals surface area contributed by atoms with E-state index < -0.39 is 0 Å². The lowest BCUT2D eigenvalue weighted by Crippen LogP contribution is -2.37. The Balaban J connectivity index is 1.51.